The van der Waals surface area contributed by atoms with Gasteiger partial charge in [0.15, 0.2) is 0 Å². The number of carbonyl (C=O) groups is 2. The van der Waals surface area contributed by atoms with E-state index in [1.807, 2.05) is 0 Å². The van der Waals surface area contributed by atoms with E-state index in [-0.39, 0.29) is 11.9 Å². The first-order chi connectivity index (χ1) is 6.66. The van der Waals surface area contributed by atoms with Gasteiger partial charge in [-0.25, -0.2) is 0 Å². The molecule has 1 heterocycles. The summed E-state index contributed by atoms with van der Waals surface area (Å²) < 4.78 is 4.87. The van der Waals surface area contributed by atoms with E-state index in [1.54, 1.807) is 18.9 Å². The van der Waals surface area contributed by atoms with E-state index >= 15 is 0 Å². The van der Waals surface area contributed by atoms with Crippen molar-refractivity contribution in [2.24, 2.45) is 5.92 Å². The Bertz CT molecular complexity index is 227. The Morgan fingerprint density at radius 2 is 2.29 bits per heavy atom. The summed E-state index contributed by atoms with van der Waals surface area (Å²) in [6, 6.07) is 0. The minimum absolute atomic E-state index is 0.0963. The van der Waals surface area contributed by atoms with Crippen molar-refractivity contribution in [3.8, 4) is 0 Å². The highest BCUT2D eigenvalue weighted by atomic mass is 16.5. The van der Waals surface area contributed by atoms with Gasteiger partial charge in [0, 0.05) is 13.6 Å². The van der Waals surface area contributed by atoms with Gasteiger partial charge in [-0.2, -0.15) is 0 Å². The molecule has 1 fully saturated rings. The molecule has 0 radical (unpaired) electrons. The van der Waals surface area contributed by atoms with Gasteiger partial charge in [0.25, 0.3) is 0 Å². The topological polar surface area (TPSA) is 46.6 Å². The summed E-state index contributed by atoms with van der Waals surface area (Å²) in [6.45, 7) is 2.84. The van der Waals surface area contributed by atoms with Crippen LogP contribution < -0.4 is 0 Å². The maximum atomic E-state index is 11.7. The Balaban J connectivity index is 2.64. The second-order valence-corrected chi connectivity index (χ2v) is 3.56. The van der Waals surface area contributed by atoms with E-state index in [2.05, 4.69) is 0 Å². The molecule has 1 rings (SSSR count). The third kappa shape index (κ3) is 2.47. The Labute approximate surface area is 84.2 Å². The number of carbonyl (C=O) groups excluding carboxylic acids is 2. The van der Waals surface area contributed by atoms with Gasteiger partial charge in [0.05, 0.1) is 6.61 Å². The van der Waals surface area contributed by atoms with Gasteiger partial charge >= 0.3 is 5.97 Å². The van der Waals surface area contributed by atoms with Crippen LogP contribution in [-0.4, -0.2) is 37.0 Å². The summed E-state index contributed by atoms with van der Waals surface area (Å²) in [5.74, 6) is -1.03. The lowest BCUT2D eigenvalue weighted by Crippen LogP contribution is -2.36. The maximum absolute atomic E-state index is 11.7. The zero-order valence-electron chi connectivity index (χ0n) is 8.78. The quantitative estimate of drug-likeness (QED) is 0.488. The van der Waals surface area contributed by atoms with Crippen LogP contribution in [0, 0.1) is 5.92 Å². The number of likely N-dealkylation sites (tertiary alicyclic amines) is 1. The first-order valence-electron chi connectivity index (χ1n) is 5.08. The van der Waals surface area contributed by atoms with E-state index < -0.39 is 5.92 Å². The second kappa shape index (κ2) is 4.98. The SMILES string of the molecule is CCOC(=O)C1CCCCN(C)C1=O. The van der Waals surface area contributed by atoms with Crippen molar-refractivity contribution in [2.75, 3.05) is 20.2 Å². The molecule has 1 saturated heterocycles. The molecule has 1 unspecified atom stereocenters. The summed E-state index contributed by atoms with van der Waals surface area (Å²) in [5.41, 5.74) is 0. The fraction of sp³-hybridized carbons (Fsp3) is 0.800. The van der Waals surface area contributed by atoms with E-state index in [4.69, 9.17) is 4.74 Å². The van der Waals surface area contributed by atoms with Crippen LogP contribution >= 0.6 is 0 Å². The third-order valence-corrected chi connectivity index (χ3v) is 2.48. The minimum atomic E-state index is -0.567. The van der Waals surface area contributed by atoms with E-state index in [0.717, 1.165) is 19.4 Å². The monoisotopic (exact) mass is 199 g/mol. The molecule has 0 bridgehead atoms. The average molecular weight is 199 g/mol. The first-order valence-corrected chi connectivity index (χ1v) is 5.08. The summed E-state index contributed by atoms with van der Waals surface area (Å²) in [7, 11) is 1.74. The Morgan fingerprint density at radius 1 is 1.57 bits per heavy atom. The molecule has 1 atom stereocenters. The van der Waals surface area contributed by atoms with Crippen molar-refractivity contribution in [3.63, 3.8) is 0 Å². The van der Waals surface area contributed by atoms with Gasteiger partial charge in [-0.1, -0.05) is 6.42 Å². The number of hydrogen-bond acceptors (Lipinski definition) is 3. The fourth-order valence-electron chi connectivity index (χ4n) is 1.66. The number of esters is 1. The highest BCUT2D eigenvalue weighted by Gasteiger charge is 2.31. The van der Waals surface area contributed by atoms with Gasteiger partial charge in [-0.3, -0.25) is 9.59 Å². The van der Waals surface area contributed by atoms with Crippen LogP contribution in [0.4, 0.5) is 0 Å². The van der Waals surface area contributed by atoms with Gasteiger partial charge in [0.2, 0.25) is 5.91 Å². The lowest BCUT2D eigenvalue weighted by atomic mass is 10.0. The van der Waals surface area contributed by atoms with E-state index in [0.29, 0.717) is 13.0 Å². The molecule has 80 valence electrons. The van der Waals surface area contributed by atoms with E-state index in [1.165, 1.54) is 0 Å². The molecule has 1 aliphatic heterocycles. The smallest absolute Gasteiger partial charge is 0.318 e. The maximum Gasteiger partial charge on any atom is 0.318 e. The number of nitrogens with zero attached hydrogens (tertiary/aromatic N) is 1. The molecule has 4 heteroatoms. The summed E-state index contributed by atoms with van der Waals surface area (Å²) in [6.07, 6.45) is 2.51. The van der Waals surface area contributed by atoms with Crippen molar-refractivity contribution in [1.29, 1.82) is 0 Å². The summed E-state index contributed by atoms with van der Waals surface area (Å²) in [4.78, 5) is 24.7. The van der Waals surface area contributed by atoms with Crippen LogP contribution in [0.2, 0.25) is 0 Å². The van der Waals surface area contributed by atoms with Crippen LogP contribution in [0.3, 0.4) is 0 Å². The molecule has 1 amide bonds. The van der Waals surface area contributed by atoms with Crippen molar-refractivity contribution in [1.82, 2.24) is 4.90 Å². The standard InChI is InChI=1S/C10H17NO3/c1-3-14-10(13)8-6-4-5-7-11(2)9(8)12/h8H,3-7H2,1-2H3. The van der Waals surface area contributed by atoms with Crippen LogP contribution in [0.25, 0.3) is 0 Å². The van der Waals surface area contributed by atoms with E-state index in [9.17, 15) is 9.59 Å². The number of rotatable bonds is 2. The molecular formula is C10H17NO3. The zero-order valence-corrected chi connectivity index (χ0v) is 8.78. The molecule has 0 aliphatic carbocycles. The molecule has 0 N–H and O–H groups in total. The highest BCUT2D eigenvalue weighted by molar-refractivity contribution is 5.97. The molecule has 0 aromatic rings. The predicted molar refractivity (Wildman–Crippen MR) is 51.6 cm³/mol. The number of amides is 1. The zero-order chi connectivity index (χ0) is 10.6. The summed E-state index contributed by atoms with van der Waals surface area (Å²) in [5, 5.41) is 0. The first kappa shape index (κ1) is 11.0. The predicted octanol–water partition coefficient (Wildman–Crippen LogP) is 0.808. The number of hydrogen-bond donors (Lipinski definition) is 0. The van der Waals surface area contributed by atoms with Crippen molar-refractivity contribution < 1.29 is 14.3 Å². The number of ether oxygens (including phenoxy) is 1. The minimum Gasteiger partial charge on any atom is -0.465 e. The Kier molecular flexibility index (Phi) is 3.92. The van der Waals surface area contributed by atoms with Crippen LogP contribution in [0.1, 0.15) is 26.2 Å². The lowest BCUT2D eigenvalue weighted by molar-refractivity contribution is -0.154. The largest absolute Gasteiger partial charge is 0.465 e. The molecule has 0 aromatic heterocycles. The van der Waals surface area contributed by atoms with Gasteiger partial charge < -0.3 is 9.64 Å². The second-order valence-electron chi connectivity index (χ2n) is 3.56. The van der Waals surface area contributed by atoms with Crippen molar-refractivity contribution in [2.45, 2.75) is 26.2 Å². The lowest BCUT2D eigenvalue weighted by Gasteiger charge is -2.18. The van der Waals surface area contributed by atoms with Crippen LogP contribution in [-0.2, 0) is 14.3 Å². The molecule has 4 nitrogen and oxygen atoms in total. The average Bonchev–Trinajstić information content (AvgIpc) is 2.31. The van der Waals surface area contributed by atoms with Crippen LogP contribution in [0.15, 0.2) is 0 Å². The van der Waals surface area contributed by atoms with Crippen molar-refractivity contribution >= 4 is 11.9 Å². The van der Waals surface area contributed by atoms with Gasteiger partial charge in [0.1, 0.15) is 5.92 Å². The molecule has 1 aliphatic rings. The van der Waals surface area contributed by atoms with Gasteiger partial charge in [-0.15, -0.1) is 0 Å². The molecule has 0 spiro atoms. The highest BCUT2D eigenvalue weighted by Crippen LogP contribution is 2.18. The third-order valence-electron chi connectivity index (χ3n) is 2.48. The molecule has 0 aromatic carbocycles. The Morgan fingerprint density at radius 3 is 2.93 bits per heavy atom. The normalized spacial score (nSPS) is 23.1. The summed E-state index contributed by atoms with van der Waals surface area (Å²) >= 11 is 0. The van der Waals surface area contributed by atoms with Gasteiger partial charge in [-0.05, 0) is 19.8 Å². The van der Waals surface area contributed by atoms with Crippen LogP contribution in [0.5, 0.6) is 0 Å². The fourth-order valence-corrected chi connectivity index (χ4v) is 1.66. The molecular weight excluding hydrogens is 182 g/mol. The molecule has 14 heavy (non-hydrogen) atoms. The van der Waals surface area contributed by atoms with Crippen molar-refractivity contribution in [3.05, 3.63) is 0 Å². The molecule has 0 saturated carbocycles. The Hall–Kier alpha value is -1.06.